The second kappa shape index (κ2) is 10.6. The normalized spacial score (nSPS) is 11.4. The van der Waals surface area contributed by atoms with Gasteiger partial charge in [-0.2, -0.15) is 0 Å². The van der Waals surface area contributed by atoms with Crippen molar-refractivity contribution in [2.45, 2.75) is 33.3 Å². The maximum Gasteiger partial charge on any atom is 0.339 e. The molecule has 0 heterocycles. The number of carbonyl (C=O) groups excluding carboxylic acids is 2. The van der Waals surface area contributed by atoms with Gasteiger partial charge in [-0.1, -0.05) is 24.6 Å². The Bertz CT molecular complexity index is 618. The van der Waals surface area contributed by atoms with Crippen LogP contribution in [-0.4, -0.2) is 37.7 Å². The highest BCUT2D eigenvalue weighted by molar-refractivity contribution is 6.32. The van der Waals surface area contributed by atoms with E-state index in [1.165, 1.54) is 25.1 Å². The number of esters is 1. The van der Waals surface area contributed by atoms with Crippen LogP contribution in [0.1, 0.15) is 37.6 Å². The number of nitrogens with one attached hydrogen (secondary N) is 1. The quantitative estimate of drug-likeness (QED) is 0.505. The maximum absolute atomic E-state index is 12.3. The Balaban J connectivity index is 2.94. The van der Waals surface area contributed by atoms with Crippen LogP contribution in [0.15, 0.2) is 24.8 Å². The molecule has 0 bridgehead atoms. The molecule has 0 aliphatic rings. The molecule has 1 aromatic rings. The second-order valence-electron chi connectivity index (χ2n) is 5.15. The van der Waals surface area contributed by atoms with E-state index in [4.69, 9.17) is 25.8 Å². The summed E-state index contributed by atoms with van der Waals surface area (Å²) in [5.74, 6) is -0.337. The Labute approximate surface area is 153 Å². The van der Waals surface area contributed by atoms with Crippen molar-refractivity contribution in [3.05, 3.63) is 35.4 Å². The third-order valence-electron chi connectivity index (χ3n) is 3.07. The topological polar surface area (TPSA) is 73.9 Å². The summed E-state index contributed by atoms with van der Waals surface area (Å²) >= 11 is 6.21. The minimum absolute atomic E-state index is 0.181. The van der Waals surface area contributed by atoms with Crippen LogP contribution in [0.25, 0.3) is 0 Å². The minimum Gasteiger partial charge on any atom is -0.490 e. The van der Waals surface area contributed by atoms with E-state index < -0.39 is 18.0 Å². The first-order valence-corrected chi connectivity index (χ1v) is 8.51. The lowest BCUT2D eigenvalue weighted by Crippen LogP contribution is -2.35. The fourth-order valence-electron chi connectivity index (χ4n) is 1.89. The van der Waals surface area contributed by atoms with Crippen molar-refractivity contribution < 1.29 is 23.8 Å². The molecule has 25 heavy (non-hydrogen) atoms. The summed E-state index contributed by atoms with van der Waals surface area (Å²) in [5, 5.41) is 2.80. The molecular formula is C18H24ClNO5. The van der Waals surface area contributed by atoms with Crippen molar-refractivity contribution in [2.24, 2.45) is 0 Å². The zero-order chi connectivity index (χ0) is 18.8. The lowest BCUT2D eigenvalue weighted by Gasteiger charge is -2.16. The molecule has 138 valence electrons. The zero-order valence-corrected chi connectivity index (χ0v) is 15.5. The molecule has 0 aliphatic carbocycles. The number of amides is 1. The molecule has 0 fully saturated rings. The lowest BCUT2D eigenvalue weighted by atomic mass is 10.2. The van der Waals surface area contributed by atoms with Gasteiger partial charge in [0.05, 0.1) is 23.8 Å². The van der Waals surface area contributed by atoms with Gasteiger partial charge in [0.1, 0.15) is 0 Å². The maximum atomic E-state index is 12.3. The Morgan fingerprint density at radius 3 is 2.64 bits per heavy atom. The standard InChI is InChI=1S/C18H24ClNO5/c1-5-8-20-17(21)12(4)25-18(22)13-10-14(19)16(24-9-6-2)15(11-13)23-7-3/h5,10-12H,1,6-9H2,2-4H3,(H,20,21)/t12-/m0/s1. The minimum atomic E-state index is -0.946. The van der Waals surface area contributed by atoms with Gasteiger partial charge in [0, 0.05) is 6.54 Å². The van der Waals surface area contributed by atoms with Gasteiger partial charge in [0.2, 0.25) is 0 Å². The van der Waals surface area contributed by atoms with Crippen LogP contribution in [0.5, 0.6) is 11.5 Å². The Hall–Kier alpha value is -2.21. The molecule has 0 aliphatic heterocycles. The summed E-state index contributed by atoms with van der Waals surface area (Å²) in [5.41, 5.74) is 0.181. The van der Waals surface area contributed by atoms with E-state index in [1.807, 2.05) is 13.8 Å². The van der Waals surface area contributed by atoms with Gasteiger partial charge >= 0.3 is 5.97 Å². The summed E-state index contributed by atoms with van der Waals surface area (Å²) < 4.78 is 16.3. The van der Waals surface area contributed by atoms with Crippen LogP contribution in [0, 0.1) is 0 Å². The van der Waals surface area contributed by atoms with Crippen molar-refractivity contribution >= 4 is 23.5 Å². The summed E-state index contributed by atoms with van der Waals surface area (Å²) in [4.78, 5) is 24.1. The number of hydrogen-bond donors (Lipinski definition) is 1. The Morgan fingerprint density at radius 1 is 1.32 bits per heavy atom. The average Bonchev–Trinajstić information content (AvgIpc) is 2.58. The van der Waals surface area contributed by atoms with E-state index in [-0.39, 0.29) is 10.6 Å². The third-order valence-corrected chi connectivity index (χ3v) is 3.35. The van der Waals surface area contributed by atoms with Crippen LogP contribution in [0.3, 0.4) is 0 Å². The van der Waals surface area contributed by atoms with Gasteiger partial charge in [-0.05, 0) is 32.4 Å². The second-order valence-corrected chi connectivity index (χ2v) is 5.56. The van der Waals surface area contributed by atoms with E-state index in [0.29, 0.717) is 31.3 Å². The molecule has 0 unspecified atom stereocenters. The molecule has 1 amide bonds. The van der Waals surface area contributed by atoms with Gasteiger partial charge < -0.3 is 19.5 Å². The van der Waals surface area contributed by atoms with E-state index >= 15 is 0 Å². The molecule has 0 saturated heterocycles. The highest BCUT2D eigenvalue weighted by atomic mass is 35.5. The van der Waals surface area contributed by atoms with Crippen LogP contribution in [-0.2, 0) is 9.53 Å². The molecule has 1 N–H and O–H groups in total. The van der Waals surface area contributed by atoms with E-state index in [0.717, 1.165) is 6.42 Å². The first kappa shape index (κ1) is 20.8. The highest BCUT2D eigenvalue weighted by Gasteiger charge is 2.21. The van der Waals surface area contributed by atoms with Crippen molar-refractivity contribution in [3.8, 4) is 11.5 Å². The molecule has 0 radical (unpaired) electrons. The van der Waals surface area contributed by atoms with Crippen molar-refractivity contribution in [1.29, 1.82) is 0 Å². The van der Waals surface area contributed by atoms with Crippen molar-refractivity contribution in [3.63, 3.8) is 0 Å². The zero-order valence-electron chi connectivity index (χ0n) is 14.8. The average molecular weight is 370 g/mol. The van der Waals surface area contributed by atoms with Crippen LogP contribution < -0.4 is 14.8 Å². The Kier molecular flexibility index (Phi) is 8.84. The number of ether oxygens (including phenoxy) is 3. The van der Waals surface area contributed by atoms with E-state index in [9.17, 15) is 9.59 Å². The molecule has 7 heteroatoms. The molecule has 0 saturated carbocycles. The Morgan fingerprint density at radius 2 is 2.04 bits per heavy atom. The first-order chi connectivity index (χ1) is 11.9. The lowest BCUT2D eigenvalue weighted by molar-refractivity contribution is -0.128. The van der Waals surface area contributed by atoms with Crippen molar-refractivity contribution in [2.75, 3.05) is 19.8 Å². The fourth-order valence-corrected chi connectivity index (χ4v) is 2.16. The third kappa shape index (κ3) is 6.31. The van der Waals surface area contributed by atoms with Crippen LogP contribution in [0.2, 0.25) is 5.02 Å². The number of rotatable bonds is 10. The van der Waals surface area contributed by atoms with Gasteiger partial charge in [-0.25, -0.2) is 4.79 Å². The first-order valence-electron chi connectivity index (χ1n) is 8.13. The summed E-state index contributed by atoms with van der Waals surface area (Å²) in [6.45, 7) is 9.93. The van der Waals surface area contributed by atoms with E-state index in [1.54, 1.807) is 0 Å². The smallest absolute Gasteiger partial charge is 0.339 e. The largest absolute Gasteiger partial charge is 0.490 e. The summed E-state index contributed by atoms with van der Waals surface area (Å²) in [6, 6.07) is 2.93. The highest BCUT2D eigenvalue weighted by Crippen LogP contribution is 2.37. The summed E-state index contributed by atoms with van der Waals surface area (Å²) in [7, 11) is 0. The molecule has 1 aromatic carbocycles. The fraction of sp³-hybridized carbons (Fsp3) is 0.444. The monoisotopic (exact) mass is 369 g/mol. The van der Waals surface area contributed by atoms with Gasteiger partial charge in [0.15, 0.2) is 17.6 Å². The van der Waals surface area contributed by atoms with Gasteiger partial charge in [0.25, 0.3) is 5.91 Å². The van der Waals surface area contributed by atoms with E-state index in [2.05, 4.69) is 11.9 Å². The molecule has 0 spiro atoms. The number of hydrogen-bond acceptors (Lipinski definition) is 5. The predicted octanol–water partition coefficient (Wildman–Crippen LogP) is 3.38. The van der Waals surface area contributed by atoms with Crippen molar-refractivity contribution in [1.82, 2.24) is 5.32 Å². The molecule has 1 rings (SSSR count). The number of halogens is 1. The summed E-state index contributed by atoms with van der Waals surface area (Å²) in [6.07, 6.45) is 1.40. The molecular weight excluding hydrogens is 346 g/mol. The predicted molar refractivity (Wildman–Crippen MR) is 96.5 cm³/mol. The van der Waals surface area contributed by atoms with Gasteiger partial charge in [-0.15, -0.1) is 6.58 Å². The number of benzene rings is 1. The van der Waals surface area contributed by atoms with Crippen LogP contribution in [0.4, 0.5) is 0 Å². The molecule has 1 atom stereocenters. The molecule has 0 aromatic heterocycles. The van der Waals surface area contributed by atoms with Crippen LogP contribution >= 0.6 is 11.6 Å². The SMILES string of the molecule is C=CCNC(=O)[C@H](C)OC(=O)c1cc(Cl)c(OCCC)c(OCC)c1. The number of carbonyl (C=O) groups is 2. The molecule has 6 nitrogen and oxygen atoms in total. The van der Waals surface area contributed by atoms with Gasteiger partial charge in [-0.3, -0.25) is 4.79 Å².